The van der Waals surface area contributed by atoms with Crippen LogP contribution >= 0.6 is 0 Å². The zero-order valence-corrected chi connectivity index (χ0v) is 26.4. The summed E-state index contributed by atoms with van der Waals surface area (Å²) >= 11 is 0. The Balaban J connectivity index is 1.81. The number of sulfonamides is 1. The van der Waals surface area contributed by atoms with Crippen molar-refractivity contribution in [2.75, 3.05) is 24.5 Å². The molecule has 0 fully saturated rings. The number of rotatable bonds is 14. The molecule has 1 N–H and O–H groups in total. The molecular weight excluding hydrogens is 593 g/mol. The van der Waals surface area contributed by atoms with Crippen LogP contribution in [0.1, 0.15) is 25.0 Å². The average Bonchev–Trinajstić information content (AvgIpc) is 3.05. The molecule has 4 aromatic rings. The van der Waals surface area contributed by atoms with E-state index in [1.807, 2.05) is 44.2 Å². The fourth-order valence-corrected chi connectivity index (χ4v) is 6.27. The van der Waals surface area contributed by atoms with Crippen LogP contribution in [0.3, 0.4) is 0 Å². The van der Waals surface area contributed by atoms with Crippen LogP contribution in [0.4, 0.5) is 10.1 Å². The highest BCUT2D eigenvalue weighted by atomic mass is 32.2. The number of nitrogens with one attached hydrogen (secondary N) is 1. The molecule has 10 heteroatoms. The van der Waals surface area contributed by atoms with Crippen molar-refractivity contribution in [1.82, 2.24) is 10.2 Å². The van der Waals surface area contributed by atoms with E-state index in [1.54, 1.807) is 42.5 Å². The number of hydrogen-bond acceptors (Lipinski definition) is 5. The van der Waals surface area contributed by atoms with E-state index in [9.17, 15) is 18.0 Å². The third-order valence-electron chi connectivity index (χ3n) is 7.17. The van der Waals surface area contributed by atoms with Crippen molar-refractivity contribution >= 4 is 27.5 Å². The van der Waals surface area contributed by atoms with Gasteiger partial charge in [0.15, 0.2) is 0 Å². The van der Waals surface area contributed by atoms with Crippen LogP contribution in [0, 0.1) is 11.7 Å². The van der Waals surface area contributed by atoms with Gasteiger partial charge < -0.3 is 15.0 Å². The van der Waals surface area contributed by atoms with Gasteiger partial charge in [0.05, 0.1) is 17.7 Å². The second-order valence-electron chi connectivity index (χ2n) is 11.0. The topological polar surface area (TPSA) is 96.0 Å². The van der Waals surface area contributed by atoms with Gasteiger partial charge in [-0.05, 0) is 53.4 Å². The van der Waals surface area contributed by atoms with E-state index in [2.05, 4.69) is 5.32 Å². The van der Waals surface area contributed by atoms with Crippen LogP contribution in [0.25, 0.3) is 0 Å². The van der Waals surface area contributed by atoms with Gasteiger partial charge in [-0.15, -0.1) is 0 Å². The lowest BCUT2D eigenvalue weighted by molar-refractivity contribution is -0.140. The standard InChI is InChI=1S/C35H38FN3O5S/c1-26(2)23-37-35(41)33(22-27-13-6-4-7-14-27)38(24-28-15-12-16-29(21-28)44-3)34(40)25-39(32-20-11-10-19-31(32)36)45(42,43)30-17-8-5-9-18-30/h4-21,26,33H,22-25H2,1-3H3,(H,37,41). The summed E-state index contributed by atoms with van der Waals surface area (Å²) in [5.74, 6) is -1.15. The number of hydrogen-bond donors (Lipinski definition) is 1. The number of nitrogens with zero attached hydrogens (tertiary/aromatic N) is 2. The van der Waals surface area contributed by atoms with Gasteiger partial charge in [-0.25, -0.2) is 12.8 Å². The second kappa shape index (κ2) is 15.3. The summed E-state index contributed by atoms with van der Waals surface area (Å²) in [6.07, 6.45) is 0.172. The van der Waals surface area contributed by atoms with E-state index in [1.165, 1.54) is 42.3 Å². The SMILES string of the molecule is COc1cccc(CN(C(=O)CN(c2ccccc2F)S(=O)(=O)c2ccccc2)C(Cc2ccccc2)C(=O)NCC(C)C)c1. The Kier molecular flexibility index (Phi) is 11.3. The number of para-hydroxylation sites is 1. The minimum absolute atomic E-state index is 0.0286. The highest BCUT2D eigenvalue weighted by Crippen LogP contribution is 2.27. The summed E-state index contributed by atoms with van der Waals surface area (Å²) in [5.41, 5.74) is 1.20. The molecule has 1 atom stereocenters. The van der Waals surface area contributed by atoms with E-state index < -0.39 is 34.3 Å². The zero-order valence-electron chi connectivity index (χ0n) is 25.6. The molecule has 0 saturated heterocycles. The van der Waals surface area contributed by atoms with E-state index >= 15 is 4.39 Å². The van der Waals surface area contributed by atoms with E-state index in [-0.39, 0.29) is 35.4 Å². The third kappa shape index (κ3) is 8.69. The van der Waals surface area contributed by atoms with Gasteiger partial charge in [-0.3, -0.25) is 13.9 Å². The highest BCUT2D eigenvalue weighted by Gasteiger charge is 2.35. The van der Waals surface area contributed by atoms with E-state index in [0.717, 1.165) is 15.9 Å². The van der Waals surface area contributed by atoms with Crippen molar-refractivity contribution in [1.29, 1.82) is 0 Å². The maximum absolute atomic E-state index is 15.2. The van der Waals surface area contributed by atoms with E-state index in [0.29, 0.717) is 17.9 Å². The Labute approximate surface area is 264 Å². The van der Waals surface area contributed by atoms with Crippen molar-refractivity contribution in [2.24, 2.45) is 5.92 Å². The molecule has 0 spiro atoms. The summed E-state index contributed by atoms with van der Waals surface area (Å²) in [7, 11) is -2.86. The molecule has 0 saturated carbocycles. The Morgan fingerprint density at radius 3 is 2.11 bits per heavy atom. The van der Waals surface area contributed by atoms with Crippen LogP contribution in [-0.2, 0) is 32.6 Å². The van der Waals surface area contributed by atoms with Gasteiger partial charge in [0.2, 0.25) is 11.8 Å². The number of methoxy groups -OCH3 is 1. The summed E-state index contributed by atoms with van der Waals surface area (Å²) in [4.78, 5) is 29.5. The van der Waals surface area contributed by atoms with Gasteiger partial charge in [0.1, 0.15) is 24.2 Å². The number of anilines is 1. The van der Waals surface area contributed by atoms with Crippen LogP contribution in [0.2, 0.25) is 0 Å². The van der Waals surface area contributed by atoms with Crippen molar-refractivity contribution in [3.8, 4) is 5.75 Å². The molecule has 0 aliphatic heterocycles. The minimum Gasteiger partial charge on any atom is -0.497 e. The number of halogens is 1. The maximum atomic E-state index is 15.2. The molecule has 2 amide bonds. The molecule has 1 unspecified atom stereocenters. The van der Waals surface area contributed by atoms with Crippen LogP contribution in [0.5, 0.6) is 5.75 Å². The predicted octanol–water partition coefficient (Wildman–Crippen LogP) is 5.44. The molecule has 0 aromatic heterocycles. The zero-order chi connectivity index (χ0) is 32.4. The Bertz CT molecular complexity index is 1680. The Morgan fingerprint density at radius 2 is 1.47 bits per heavy atom. The average molecular weight is 632 g/mol. The number of carbonyl (C=O) groups is 2. The normalized spacial score (nSPS) is 11.9. The largest absolute Gasteiger partial charge is 0.497 e. The smallest absolute Gasteiger partial charge is 0.264 e. The molecule has 0 aliphatic rings. The quantitative estimate of drug-likeness (QED) is 0.200. The van der Waals surface area contributed by atoms with Crippen molar-refractivity contribution < 1.29 is 27.1 Å². The molecule has 236 valence electrons. The Hall–Kier alpha value is -4.70. The van der Waals surface area contributed by atoms with Crippen molar-refractivity contribution in [2.45, 2.75) is 37.8 Å². The van der Waals surface area contributed by atoms with Gasteiger partial charge in [0, 0.05) is 19.5 Å². The molecule has 0 aliphatic carbocycles. The molecule has 0 heterocycles. The summed E-state index contributed by atoms with van der Waals surface area (Å²) < 4.78 is 49.3. The fourth-order valence-electron chi connectivity index (χ4n) is 4.83. The molecule has 8 nitrogen and oxygen atoms in total. The van der Waals surface area contributed by atoms with Crippen LogP contribution < -0.4 is 14.4 Å². The first-order valence-electron chi connectivity index (χ1n) is 14.7. The summed E-state index contributed by atoms with van der Waals surface area (Å²) in [6.45, 7) is 3.54. The minimum atomic E-state index is -4.39. The number of ether oxygens (including phenoxy) is 1. The monoisotopic (exact) mass is 631 g/mol. The predicted molar refractivity (Wildman–Crippen MR) is 173 cm³/mol. The van der Waals surface area contributed by atoms with Crippen molar-refractivity contribution in [3.05, 3.63) is 126 Å². The summed E-state index contributed by atoms with van der Waals surface area (Å²) in [6, 6.07) is 28.3. The first kappa shape index (κ1) is 33.2. The fraction of sp³-hybridized carbons (Fsp3) is 0.257. The molecule has 4 rings (SSSR count). The van der Waals surface area contributed by atoms with Gasteiger partial charge in [0.25, 0.3) is 10.0 Å². The van der Waals surface area contributed by atoms with E-state index in [4.69, 9.17) is 4.74 Å². The highest BCUT2D eigenvalue weighted by molar-refractivity contribution is 7.92. The molecule has 0 radical (unpaired) electrons. The summed E-state index contributed by atoms with van der Waals surface area (Å²) in [5, 5.41) is 2.95. The maximum Gasteiger partial charge on any atom is 0.264 e. The Morgan fingerprint density at radius 1 is 0.844 bits per heavy atom. The number of carbonyl (C=O) groups excluding carboxylic acids is 2. The lowest BCUT2D eigenvalue weighted by Crippen LogP contribution is -2.53. The first-order chi connectivity index (χ1) is 21.6. The molecule has 45 heavy (non-hydrogen) atoms. The third-order valence-corrected chi connectivity index (χ3v) is 8.95. The van der Waals surface area contributed by atoms with Crippen LogP contribution in [-0.4, -0.2) is 51.4 Å². The molecule has 0 bridgehead atoms. The van der Waals surface area contributed by atoms with Crippen LogP contribution in [0.15, 0.2) is 114 Å². The second-order valence-corrected chi connectivity index (χ2v) is 12.9. The van der Waals surface area contributed by atoms with Gasteiger partial charge >= 0.3 is 0 Å². The van der Waals surface area contributed by atoms with Gasteiger partial charge in [-0.2, -0.15) is 0 Å². The lowest BCUT2D eigenvalue weighted by atomic mass is 10.0. The number of benzene rings is 4. The molecule has 4 aromatic carbocycles. The lowest BCUT2D eigenvalue weighted by Gasteiger charge is -2.34. The van der Waals surface area contributed by atoms with Gasteiger partial charge in [-0.1, -0.05) is 86.6 Å². The number of amides is 2. The molecular formula is C35H38FN3O5S. The first-order valence-corrected chi connectivity index (χ1v) is 16.1. The van der Waals surface area contributed by atoms with Crippen molar-refractivity contribution in [3.63, 3.8) is 0 Å².